The number of halogens is 2. The number of methoxy groups -OCH3 is 1. The third-order valence-corrected chi connectivity index (χ3v) is 5.89. The number of ether oxygens (including phenoxy) is 2. The fourth-order valence-electron chi connectivity index (χ4n) is 4.34. The molecule has 6 nitrogen and oxygen atoms in total. The Morgan fingerprint density at radius 1 is 1.07 bits per heavy atom. The first-order valence-electron chi connectivity index (χ1n) is 9.98. The molecular formula is C22H21F2N3O3. The van der Waals surface area contributed by atoms with Gasteiger partial charge in [0.05, 0.1) is 19.2 Å². The molecule has 3 aromatic rings. The molecule has 156 valence electrons. The van der Waals surface area contributed by atoms with Crippen LogP contribution in [0.3, 0.4) is 0 Å². The highest BCUT2D eigenvalue weighted by Gasteiger charge is 2.37. The lowest BCUT2D eigenvalue weighted by Gasteiger charge is -2.34. The van der Waals surface area contributed by atoms with Crippen molar-refractivity contribution in [2.45, 2.75) is 43.9 Å². The van der Waals surface area contributed by atoms with Crippen molar-refractivity contribution in [1.29, 1.82) is 0 Å². The summed E-state index contributed by atoms with van der Waals surface area (Å²) in [4.78, 5) is 13.0. The number of fused-ring (bicyclic) bond motifs is 1. The van der Waals surface area contributed by atoms with Gasteiger partial charge in [0, 0.05) is 31.4 Å². The molecule has 1 fully saturated rings. The molecule has 0 spiro atoms. The van der Waals surface area contributed by atoms with Crippen molar-refractivity contribution in [2.75, 3.05) is 7.11 Å². The molecule has 1 aliphatic carbocycles. The minimum atomic E-state index is -0.643. The molecule has 2 heterocycles. The molecule has 1 saturated carbocycles. The number of hydrogen-bond acceptors (Lipinski definition) is 4. The molecule has 0 unspecified atom stereocenters. The van der Waals surface area contributed by atoms with Crippen molar-refractivity contribution >= 4 is 0 Å². The predicted octanol–water partition coefficient (Wildman–Crippen LogP) is 3.65. The van der Waals surface area contributed by atoms with E-state index in [0.29, 0.717) is 37.1 Å². The monoisotopic (exact) mass is 413 g/mol. The lowest BCUT2D eigenvalue weighted by atomic mass is 9.89. The molecule has 5 rings (SSSR count). The zero-order valence-corrected chi connectivity index (χ0v) is 16.4. The third kappa shape index (κ3) is 3.26. The molecule has 8 heteroatoms. The van der Waals surface area contributed by atoms with E-state index in [9.17, 15) is 13.6 Å². The molecule has 2 aliphatic rings. The maximum atomic E-state index is 13.7. The van der Waals surface area contributed by atoms with Crippen LogP contribution in [0.4, 0.5) is 8.78 Å². The number of benzene rings is 2. The van der Waals surface area contributed by atoms with Crippen LogP contribution >= 0.6 is 0 Å². The predicted molar refractivity (Wildman–Crippen MR) is 105 cm³/mol. The maximum Gasteiger partial charge on any atom is 0.346 e. The maximum absolute atomic E-state index is 13.7. The molecule has 0 bridgehead atoms. The van der Waals surface area contributed by atoms with Crippen LogP contribution in [0.1, 0.15) is 42.7 Å². The zero-order chi connectivity index (χ0) is 20.8. The summed E-state index contributed by atoms with van der Waals surface area (Å²) in [7, 11) is 1.61. The Morgan fingerprint density at radius 3 is 2.53 bits per heavy atom. The largest absolute Gasteiger partial charge is 0.497 e. The van der Waals surface area contributed by atoms with E-state index < -0.39 is 17.7 Å². The molecule has 1 aromatic heterocycles. The highest BCUT2D eigenvalue weighted by Crippen LogP contribution is 2.36. The Kier molecular flexibility index (Phi) is 4.56. The van der Waals surface area contributed by atoms with E-state index in [1.165, 1.54) is 16.8 Å². The quantitative estimate of drug-likeness (QED) is 0.641. The van der Waals surface area contributed by atoms with Crippen molar-refractivity contribution in [2.24, 2.45) is 0 Å². The van der Waals surface area contributed by atoms with Crippen LogP contribution in [-0.2, 0) is 6.42 Å². The summed E-state index contributed by atoms with van der Waals surface area (Å²) >= 11 is 0. The van der Waals surface area contributed by atoms with Gasteiger partial charge in [-0.3, -0.25) is 4.57 Å². The van der Waals surface area contributed by atoms with Crippen LogP contribution in [0.5, 0.6) is 11.5 Å². The molecule has 0 amide bonds. The first kappa shape index (κ1) is 18.8. The van der Waals surface area contributed by atoms with E-state index >= 15 is 0 Å². The summed E-state index contributed by atoms with van der Waals surface area (Å²) in [5.41, 5.74) is 0.225. The van der Waals surface area contributed by atoms with Gasteiger partial charge >= 0.3 is 5.69 Å². The lowest BCUT2D eigenvalue weighted by Crippen LogP contribution is -2.41. The van der Waals surface area contributed by atoms with E-state index in [1.54, 1.807) is 11.7 Å². The van der Waals surface area contributed by atoms with Gasteiger partial charge in [-0.25, -0.2) is 18.3 Å². The van der Waals surface area contributed by atoms with Crippen LogP contribution in [0.25, 0.3) is 0 Å². The Morgan fingerprint density at radius 2 is 1.80 bits per heavy atom. The average Bonchev–Trinajstić information content (AvgIpc) is 3.24. The van der Waals surface area contributed by atoms with Crippen molar-refractivity contribution < 1.29 is 18.3 Å². The second-order valence-corrected chi connectivity index (χ2v) is 7.81. The number of nitrogens with zero attached hydrogens (tertiary/aromatic N) is 3. The minimum Gasteiger partial charge on any atom is -0.497 e. The van der Waals surface area contributed by atoms with Crippen LogP contribution in [0.2, 0.25) is 0 Å². The zero-order valence-electron chi connectivity index (χ0n) is 16.4. The lowest BCUT2D eigenvalue weighted by molar-refractivity contribution is 0.0621. The van der Waals surface area contributed by atoms with Gasteiger partial charge in [-0.2, -0.15) is 5.10 Å². The minimum absolute atomic E-state index is 0.00124. The van der Waals surface area contributed by atoms with Crippen molar-refractivity contribution in [3.05, 3.63) is 76.0 Å². The van der Waals surface area contributed by atoms with E-state index in [2.05, 4.69) is 5.10 Å². The highest BCUT2D eigenvalue weighted by atomic mass is 19.1. The number of aryl methyl sites for hydroxylation is 1. The number of hydrogen-bond donors (Lipinski definition) is 0. The normalized spacial score (nSPS) is 22.4. The average molecular weight is 413 g/mol. The van der Waals surface area contributed by atoms with Crippen molar-refractivity contribution in [3.63, 3.8) is 0 Å². The fraction of sp³-hybridized carbons (Fsp3) is 0.364. The van der Waals surface area contributed by atoms with E-state index in [4.69, 9.17) is 9.47 Å². The molecule has 30 heavy (non-hydrogen) atoms. The highest BCUT2D eigenvalue weighted by molar-refractivity contribution is 5.33. The fourth-order valence-corrected chi connectivity index (χ4v) is 4.34. The Labute approximate surface area is 171 Å². The summed E-state index contributed by atoms with van der Waals surface area (Å²) in [5.74, 6) is 0.827. The van der Waals surface area contributed by atoms with Gasteiger partial charge in [-0.1, -0.05) is 6.07 Å². The molecular weight excluding hydrogens is 392 g/mol. The smallest absolute Gasteiger partial charge is 0.346 e. The first-order chi connectivity index (χ1) is 14.5. The second kappa shape index (κ2) is 7.27. The summed E-state index contributed by atoms with van der Waals surface area (Å²) in [6.45, 7) is 0. The van der Waals surface area contributed by atoms with Crippen LogP contribution in [0.15, 0.2) is 47.3 Å². The summed E-state index contributed by atoms with van der Waals surface area (Å²) < 4.78 is 41.6. The van der Waals surface area contributed by atoms with Gasteiger partial charge in [0.2, 0.25) is 0 Å². The molecule has 0 saturated heterocycles. The van der Waals surface area contributed by atoms with Gasteiger partial charge in [-0.15, -0.1) is 0 Å². The standard InChI is InChI=1S/C22H21F2N3O3/c1-29-17-3-2-4-18(12-17)30-19-10-16(11-19)27-22(28)26-20(5-6-21(26)25-27)13-7-14(23)9-15(24)8-13/h2-4,7-9,12,16,19-20H,5-6,10-11H2,1H3/t16?,19?,20-/m0/s1. The van der Waals surface area contributed by atoms with Gasteiger partial charge in [0.25, 0.3) is 0 Å². The number of aromatic nitrogens is 3. The first-order valence-corrected chi connectivity index (χ1v) is 9.98. The van der Waals surface area contributed by atoms with Crippen molar-refractivity contribution in [1.82, 2.24) is 14.3 Å². The Hall–Kier alpha value is -3.16. The van der Waals surface area contributed by atoms with E-state index in [1.807, 2.05) is 24.3 Å². The summed E-state index contributed by atoms with van der Waals surface area (Å²) in [6, 6.07) is 10.4. The van der Waals surface area contributed by atoms with E-state index in [0.717, 1.165) is 17.6 Å². The molecule has 1 atom stereocenters. The Balaban J connectivity index is 1.32. The van der Waals surface area contributed by atoms with Crippen molar-refractivity contribution in [3.8, 4) is 11.5 Å². The SMILES string of the molecule is COc1cccc(OC2CC(n3nc4n(c3=O)[C@H](c3cc(F)cc(F)c3)CC4)C2)c1. The topological polar surface area (TPSA) is 58.3 Å². The summed E-state index contributed by atoms with van der Waals surface area (Å²) in [6.07, 6.45) is 2.55. The molecule has 0 N–H and O–H groups in total. The summed E-state index contributed by atoms with van der Waals surface area (Å²) in [5, 5.41) is 4.51. The second-order valence-electron chi connectivity index (χ2n) is 7.81. The van der Waals surface area contributed by atoms with E-state index in [-0.39, 0.29) is 17.8 Å². The van der Waals surface area contributed by atoms with Crippen LogP contribution < -0.4 is 15.2 Å². The molecule has 2 aromatic carbocycles. The third-order valence-electron chi connectivity index (χ3n) is 5.89. The van der Waals surface area contributed by atoms with Gasteiger partial charge < -0.3 is 9.47 Å². The van der Waals surface area contributed by atoms with Gasteiger partial charge in [0.15, 0.2) is 0 Å². The number of rotatable bonds is 5. The van der Waals surface area contributed by atoms with Gasteiger partial charge in [-0.05, 0) is 36.2 Å². The van der Waals surface area contributed by atoms with Gasteiger partial charge in [0.1, 0.15) is 35.1 Å². The van der Waals surface area contributed by atoms with Crippen LogP contribution in [0, 0.1) is 11.6 Å². The molecule has 1 aliphatic heterocycles. The Bertz CT molecular complexity index is 1130. The van der Waals surface area contributed by atoms with Crippen LogP contribution in [-0.4, -0.2) is 27.6 Å². The molecule has 0 radical (unpaired) electrons.